The first-order chi connectivity index (χ1) is 8.56. The molecule has 4 nitrogen and oxygen atoms in total. The highest BCUT2D eigenvalue weighted by molar-refractivity contribution is 5.88. The molecule has 2 N–H and O–H groups in total. The van der Waals surface area contributed by atoms with Gasteiger partial charge in [0.15, 0.2) is 0 Å². The number of likely N-dealkylation sites (tertiary alicyclic amines) is 1. The van der Waals surface area contributed by atoms with Gasteiger partial charge in [-0.3, -0.25) is 0 Å². The fourth-order valence-electron chi connectivity index (χ4n) is 2.33. The number of hydrogen-bond donors (Lipinski definition) is 2. The summed E-state index contributed by atoms with van der Waals surface area (Å²) in [5.74, 6) is -0.871. The number of anilines is 1. The Morgan fingerprint density at radius 3 is 2.61 bits per heavy atom. The second-order valence-electron chi connectivity index (χ2n) is 5.06. The molecule has 0 amide bonds. The summed E-state index contributed by atoms with van der Waals surface area (Å²) >= 11 is 0. The molecule has 0 unspecified atom stereocenters. The minimum atomic E-state index is -0.871. The van der Waals surface area contributed by atoms with Crippen molar-refractivity contribution >= 4 is 11.7 Å². The molecule has 1 aromatic rings. The summed E-state index contributed by atoms with van der Waals surface area (Å²) in [7, 11) is 2.14. The lowest BCUT2D eigenvalue weighted by molar-refractivity contribution is 0.0697. The lowest BCUT2D eigenvalue weighted by Gasteiger charge is -2.30. The molecule has 1 saturated heterocycles. The molecule has 0 atom stereocenters. The van der Waals surface area contributed by atoms with Crippen LogP contribution < -0.4 is 5.32 Å². The van der Waals surface area contributed by atoms with Crippen LogP contribution in [0.3, 0.4) is 0 Å². The minimum Gasteiger partial charge on any atom is -0.478 e. The zero-order chi connectivity index (χ0) is 13.1. The molecular weight excluding hydrogens is 228 g/mol. The number of aromatic carboxylic acids is 1. The van der Waals surface area contributed by atoms with Gasteiger partial charge in [-0.15, -0.1) is 0 Å². The first-order valence-corrected chi connectivity index (χ1v) is 6.35. The Balaban J connectivity index is 2.03. The van der Waals surface area contributed by atoms with Crippen molar-refractivity contribution in [3.05, 3.63) is 29.3 Å². The average Bonchev–Trinajstić information content (AvgIpc) is 2.34. The number of carbonyl (C=O) groups is 1. The highest BCUT2D eigenvalue weighted by atomic mass is 16.4. The number of nitrogens with zero attached hydrogens (tertiary/aromatic N) is 1. The van der Waals surface area contributed by atoms with Crippen molar-refractivity contribution in [2.45, 2.75) is 25.8 Å². The maximum absolute atomic E-state index is 10.9. The summed E-state index contributed by atoms with van der Waals surface area (Å²) < 4.78 is 0. The van der Waals surface area contributed by atoms with E-state index in [0.717, 1.165) is 37.2 Å². The molecule has 1 aliphatic heterocycles. The van der Waals surface area contributed by atoms with E-state index in [-0.39, 0.29) is 0 Å². The van der Waals surface area contributed by atoms with Gasteiger partial charge < -0.3 is 15.3 Å². The molecule has 1 fully saturated rings. The molecule has 0 aliphatic carbocycles. The highest BCUT2D eigenvalue weighted by Gasteiger charge is 2.17. The Labute approximate surface area is 108 Å². The second kappa shape index (κ2) is 5.40. The van der Waals surface area contributed by atoms with Crippen molar-refractivity contribution in [3.63, 3.8) is 0 Å². The van der Waals surface area contributed by atoms with E-state index in [1.54, 1.807) is 12.1 Å². The third kappa shape index (κ3) is 3.01. The van der Waals surface area contributed by atoms with Gasteiger partial charge in [-0.1, -0.05) is 0 Å². The maximum Gasteiger partial charge on any atom is 0.335 e. The van der Waals surface area contributed by atoms with Crippen molar-refractivity contribution < 1.29 is 9.90 Å². The SMILES string of the molecule is Cc1cc(C(=O)O)ccc1NC1CCN(C)CC1. The van der Waals surface area contributed by atoms with E-state index in [2.05, 4.69) is 17.3 Å². The van der Waals surface area contributed by atoms with Gasteiger partial charge in [0.05, 0.1) is 5.56 Å². The van der Waals surface area contributed by atoms with Crippen molar-refractivity contribution in [1.82, 2.24) is 4.90 Å². The van der Waals surface area contributed by atoms with Crippen LogP contribution in [0.25, 0.3) is 0 Å². The molecule has 1 aliphatic rings. The summed E-state index contributed by atoms with van der Waals surface area (Å²) in [5.41, 5.74) is 2.39. The Hall–Kier alpha value is -1.55. The molecule has 0 radical (unpaired) electrons. The minimum absolute atomic E-state index is 0.349. The maximum atomic E-state index is 10.9. The van der Waals surface area contributed by atoms with Gasteiger partial charge in [0.2, 0.25) is 0 Å². The first kappa shape index (κ1) is 12.9. The summed E-state index contributed by atoms with van der Waals surface area (Å²) in [6.45, 7) is 4.18. The predicted octanol–water partition coefficient (Wildman–Crippen LogP) is 2.20. The van der Waals surface area contributed by atoms with Crippen molar-refractivity contribution in [2.75, 3.05) is 25.5 Å². The van der Waals surface area contributed by atoms with Crippen LogP contribution in [-0.4, -0.2) is 42.2 Å². The van der Waals surface area contributed by atoms with E-state index in [9.17, 15) is 4.79 Å². The average molecular weight is 248 g/mol. The van der Waals surface area contributed by atoms with Gasteiger partial charge in [-0.05, 0) is 63.7 Å². The Morgan fingerprint density at radius 1 is 1.39 bits per heavy atom. The van der Waals surface area contributed by atoms with Gasteiger partial charge in [0, 0.05) is 11.7 Å². The summed E-state index contributed by atoms with van der Waals surface area (Å²) in [6.07, 6.45) is 2.27. The quantitative estimate of drug-likeness (QED) is 0.861. The number of hydrogen-bond acceptors (Lipinski definition) is 3. The van der Waals surface area contributed by atoms with Crippen LogP contribution in [0.2, 0.25) is 0 Å². The van der Waals surface area contributed by atoms with Crippen LogP contribution in [0.5, 0.6) is 0 Å². The number of piperidine rings is 1. The molecule has 0 spiro atoms. The highest BCUT2D eigenvalue weighted by Crippen LogP contribution is 2.20. The molecule has 18 heavy (non-hydrogen) atoms. The van der Waals surface area contributed by atoms with Gasteiger partial charge >= 0.3 is 5.97 Å². The van der Waals surface area contributed by atoms with E-state index in [4.69, 9.17) is 5.11 Å². The van der Waals surface area contributed by atoms with E-state index in [1.165, 1.54) is 0 Å². The Kier molecular flexibility index (Phi) is 3.87. The van der Waals surface area contributed by atoms with Gasteiger partial charge in [-0.2, -0.15) is 0 Å². The number of rotatable bonds is 3. The van der Waals surface area contributed by atoms with Crippen LogP contribution in [-0.2, 0) is 0 Å². The lowest BCUT2D eigenvalue weighted by Crippen LogP contribution is -2.36. The Bertz CT molecular complexity index is 437. The van der Waals surface area contributed by atoms with Crippen LogP contribution in [0.4, 0.5) is 5.69 Å². The van der Waals surface area contributed by atoms with Gasteiger partial charge in [0.25, 0.3) is 0 Å². The number of carboxylic acid groups (broad SMARTS) is 1. The van der Waals surface area contributed by atoms with Crippen LogP contribution in [0.15, 0.2) is 18.2 Å². The molecule has 4 heteroatoms. The predicted molar refractivity (Wildman–Crippen MR) is 72.3 cm³/mol. The number of benzene rings is 1. The topological polar surface area (TPSA) is 52.6 Å². The number of aryl methyl sites for hydroxylation is 1. The molecule has 0 aromatic heterocycles. The normalized spacial score (nSPS) is 17.7. The van der Waals surface area contributed by atoms with Crippen molar-refractivity contribution in [1.29, 1.82) is 0 Å². The molecule has 1 aromatic carbocycles. The Morgan fingerprint density at radius 2 is 2.06 bits per heavy atom. The fraction of sp³-hybridized carbons (Fsp3) is 0.500. The molecule has 0 saturated carbocycles. The van der Waals surface area contributed by atoms with Gasteiger partial charge in [-0.25, -0.2) is 4.79 Å². The smallest absolute Gasteiger partial charge is 0.335 e. The summed E-state index contributed by atoms with van der Waals surface area (Å²) in [5, 5.41) is 12.4. The zero-order valence-electron chi connectivity index (χ0n) is 10.9. The molecule has 0 bridgehead atoms. The number of nitrogens with one attached hydrogen (secondary N) is 1. The summed E-state index contributed by atoms with van der Waals surface area (Å²) in [6, 6.07) is 5.75. The lowest BCUT2D eigenvalue weighted by atomic mass is 10.0. The van der Waals surface area contributed by atoms with Crippen molar-refractivity contribution in [2.24, 2.45) is 0 Å². The third-order valence-electron chi connectivity index (χ3n) is 3.55. The molecular formula is C14H20N2O2. The van der Waals surface area contributed by atoms with Crippen molar-refractivity contribution in [3.8, 4) is 0 Å². The second-order valence-corrected chi connectivity index (χ2v) is 5.06. The molecule has 1 heterocycles. The van der Waals surface area contributed by atoms with E-state index < -0.39 is 5.97 Å². The zero-order valence-corrected chi connectivity index (χ0v) is 10.9. The molecule has 2 rings (SSSR count). The summed E-state index contributed by atoms with van der Waals surface area (Å²) in [4.78, 5) is 13.2. The fourth-order valence-corrected chi connectivity index (χ4v) is 2.33. The molecule has 98 valence electrons. The van der Waals surface area contributed by atoms with E-state index >= 15 is 0 Å². The van der Waals surface area contributed by atoms with E-state index in [1.807, 2.05) is 13.0 Å². The van der Waals surface area contributed by atoms with Crippen LogP contribution >= 0.6 is 0 Å². The first-order valence-electron chi connectivity index (χ1n) is 6.35. The van der Waals surface area contributed by atoms with Crippen LogP contribution in [0.1, 0.15) is 28.8 Å². The monoisotopic (exact) mass is 248 g/mol. The standard InChI is InChI=1S/C14H20N2O2/c1-10-9-11(14(17)18)3-4-13(10)15-12-5-7-16(2)8-6-12/h3-4,9,12,15H,5-8H2,1-2H3,(H,17,18). The van der Waals surface area contributed by atoms with E-state index in [0.29, 0.717) is 11.6 Å². The largest absolute Gasteiger partial charge is 0.478 e. The van der Waals surface area contributed by atoms with Gasteiger partial charge in [0.1, 0.15) is 0 Å². The van der Waals surface area contributed by atoms with Crippen LogP contribution in [0, 0.1) is 6.92 Å². The third-order valence-corrected chi connectivity index (χ3v) is 3.55. The number of carboxylic acids is 1.